The van der Waals surface area contributed by atoms with Crippen molar-refractivity contribution in [3.05, 3.63) is 53.2 Å². The number of nitrogens with zero attached hydrogens (tertiary/aromatic N) is 2. The van der Waals surface area contributed by atoms with Crippen molar-refractivity contribution in [1.29, 1.82) is 0 Å². The van der Waals surface area contributed by atoms with Gasteiger partial charge in [0, 0.05) is 5.38 Å². The summed E-state index contributed by atoms with van der Waals surface area (Å²) in [6, 6.07) is 11.1. The normalized spacial score (nSPS) is 10.9. The van der Waals surface area contributed by atoms with Gasteiger partial charge in [-0.15, -0.1) is 22.7 Å². The predicted molar refractivity (Wildman–Crippen MR) is 103 cm³/mol. The van der Waals surface area contributed by atoms with Crippen LogP contribution in [0, 0.1) is 0 Å². The Balaban J connectivity index is 1.48. The highest BCUT2D eigenvalue weighted by Crippen LogP contribution is 2.31. The second kappa shape index (κ2) is 7.29. The molecule has 0 atom stereocenters. The van der Waals surface area contributed by atoms with E-state index in [9.17, 15) is 9.59 Å². The average molecular weight is 399 g/mol. The lowest BCUT2D eigenvalue weighted by molar-refractivity contribution is -0.139. The van der Waals surface area contributed by atoms with Gasteiger partial charge in [-0.2, -0.15) is 0 Å². The summed E-state index contributed by atoms with van der Waals surface area (Å²) in [4.78, 5) is 32.4. The van der Waals surface area contributed by atoms with Crippen molar-refractivity contribution < 1.29 is 18.7 Å². The van der Waals surface area contributed by atoms with Crippen LogP contribution in [0.15, 0.2) is 46.2 Å². The van der Waals surface area contributed by atoms with Gasteiger partial charge in [-0.3, -0.25) is 14.9 Å². The fourth-order valence-electron chi connectivity index (χ4n) is 2.38. The van der Waals surface area contributed by atoms with Gasteiger partial charge in [0.15, 0.2) is 21.7 Å². The highest BCUT2D eigenvalue weighted by molar-refractivity contribution is 7.21. The number of carbonyl (C=O) groups is 2. The topological polar surface area (TPSA) is 94.3 Å². The largest absolute Gasteiger partial charge is 0.469 e. The van der Waals surface area contributed by atoms with Gasteiger partial charge < -0.3 is 9.15 Å². The Morgan fingerprint density at radius 1 is 1.19 bits per heavy atom. The summed E-state index contributed by atoms with van der Waals surface area (Å²) in [6.07, 6.45) is 0.0609. The number of esters is 1. The molecule has 0 saturated carbocycles. The number of carbonyl (C=O) groups excluding carboxylic acids is 2. The number of hydrogen-bond donors (Lipinski definition) is 1. The number of nitrogens with one attached hydrogen (secondary N) is 1. The molecular weight excluding hydrogens is 386 g/mol. The Hall–Kier alpha value is -3.04. The van der Waals surface area contributed by atoms with Crippen LogP contribution in [0.3, 0.4) is 0 Å². The molecule has 9 heteroatoms. The zero-order valence-electron chi connectivity index (χ0n) is 14.1. The summed E-state index contributed by atoms with van der Waals surface area (Å²) in [6.45, 7) is 0. The Bertz CT molecular complexity index is 1100. The molecule has 0 aliphatic rings. The summed E-state index contributed by atoms with van der Waals surface area (Å²) < 4.78 is 11.3. The molecule has 3 heterocycles. The van der Waals surface area contributed by atoms with Crippen molar-refractivity contribution in [3.63, 3.8) is 0 Å². The molecule has 4 aromatic rings. The van der Waals surface area contributed by atoms with Gasteiger partial charge >= 0.3 is 5.97 Å². The lowest BCUT2D eigenvalue weighted by Crippen LogP contribution is -2.11. The maximum Gasteiger partial charge on any atom is 0.311 e. The lowest BCUT2D eigenvalue weighted by atomic mass is 10.3. The summed E-state index contributed by atoms with van der Waals surface area (Å²) in [5.74, 6) is -0.105. The maximum atomic E-state index is 12.4. The van der Waals surface area contributed by atoms with Crippen LogP contribution >= 0.6 is 22.7 Å². The third-order valence-electron chi connectivity index (χ3n) is 3.66. The van der Waals surface area contributed by atoms with E-state index in [-0.39, 0.29) is 18.2 Å². The second-order valence-electron chi connectivity index (χ2n) is 5.50. The van der Waals surface area contributed by atoms with E-state index in [1.165, 1.54) is 29.8 Å². The fraction of sp³-hybridized carbons (Fsp3) is 0.111. The molecule has 0 bridgehead atoms. The average Bonchev–Trinajstić information content (AvgIpc) is 3.40. The number of amides is 1. The highest BCUT2D eigenvalue weighted by Gasteiger charge is 2.17. The van der Waals surface area contributed by atoms with E-state index in [0.29, 0.717) is 21.6 Å². The molecule has 0 spiro atoms. The number of para-hydroxylation sites is 1. The second-order valence-corrected chi connectivity index (χ2v) is 7.39. The summed E-state index contributed by atoms with van der Waals surface area (Å²) in [5.41, 5.74) is 1.43. The Morgan fingerprint density at radius 2 is 2.04 bits per heavy atom. The molecule has 7 nitrogen and oxygen atoms in total. The van der Waals surface area contributed by atoms with E-state index in [4.69, 9.17) is 4.42 Å². The Kier molecular flexibility index (Phi) is 4.69. The Morgan fingerprint density at radius 3 is 2.85 bits per heavy atom. The first-order valence-corrected chi connectivity index (χ1v) is 9.60. The molecule has 1 aromatic carbocycles. The highest BCUT2D eigenvalue weighted by atomic mass is 32.1. The van der Waals surface area contributed by atoms with Crippen LogP contribution in [0.1, 0.15) is 16.2 Å². The molecule has 0 aliphatic carbocycles. The van der Waals surface area contributed by atoms with Crippen LogP contribution < -0.4 is 5.32 Å². The van der Waals surface area contributed by atoms with E-state index in [0.717, 1.165) is 10.2 Å². The third kappa shape index (κ3) is 3.74. The van der Waals surface area contributed by atoms with Gasteiger partial charge in [0.1, 0.15) is 0 Å². The molecule has 0 unspecified atom stereocenters. The molecule has 0 radical (unpaired) electrons. The fourth-order valence-corrected chi connectivity index (χ4v) is 4.01. The number of ether oxygens (including phenoxy) is 1. The van der Waals surface area contributed by atoms with E-state index in [1.807, 2.05) is 24.3 Å². The van der Waals surface area contributed by atoms with E-state index >= 15 is 0 Å². The van der Waals surface area contributed by atoms with Gasteiger partial charge in [-0.05, 0) is 24.3 Å². The maximum absolute atomic E-state index is 12.4. The van der Waals surface area contributed by atoms with Gasteiger partial charge in [-0.25, -0.2) is 9.97 Å². The van der Waals surface area contributed by atoms with Gasteiger partial charge in [0.05, 0.1) is 29.4 Å². The smallest absolute Gasteiger partial charge is 0.311 e. The minimum atomic E-state index is -0.415. The molecule has 27 heavy (non-hydrogen) atoms. The van der Waals surface area contributed by atoms with Crippen LogP contribution in [0.4, 0.5) is 5.13 Å². The summed E-state index contributed by atoms with van der Waals surface area (Å²) >= 11 is 2.73. The van der Waals surface area contributed by atoms with E-state index < -0.39 is 5.91 Å². The predicted octanol–water partition coefficient (Wildman–Crippen LogP) is 3.98. The first-order valence-electron chi connectivity index (χ1n) is 7.91. The number of rotatable bonds is 5. The van der Waals surface area contributed by atoms with Crippen molar-refractivity contribution in [2.24, 2.45) is 0 Å². The number of benzene rings is 1. The van der Waals surface area contributed by atoms with Crippen LogP contribution in [0.2, 0.25) is 0 Å². The number of fused-ring (bicyclic) bond motifs is 1. The third-order valence-corrected chi connectivity index (χ3v) is 5.52. The number of aromatic nitrogens is 2. The lowest BCUT2D eigenvalue weighted by Gasteiger charge is -1.98. The van der Waals surface area contributed by atoms with Crippen molar-refractivity contribution in [3.8, 4) is 10.8 Å². The first kappa shape index (κ1) is 17.4. The Labute approximate surface area is 161 Å². The number of hydrogen-bond acceptors (Lipinski definition) is 8. The molecule has 0 saturated heterocycles. The first-order chi connectivity index (χ1) is 13.1. The molecule has 1 N–H and O–H groups in total. The van der Waals surface area contributed by atoms with Crippen molar-refractivity contribution in [2.45, 2.75) is 6.42 Å². The molecule has 1 amide bonds. The number of anilines is 1. The summed E-state index contributed by atoms with van der Waals surface area (Å²) in [7, 11) is 1.32. The van der Waals surface area contributed by atoms with Gasteiger partial charge in [-0.1, -0.05) is 12.1 Å². The molecule has 0 fully saturated rings. The zero-order valence-corrected chi connectivity index (χ0v) is 15.7. The van der Waals surface area contributed by atoms with Crippen LogP contribution in [-0.2, 0) is 16.0 Å². The molecular formula is C18H13N3O4S2. The minimum absolute atomic E-state index is 0.0609. The number of thiazole rings is 2. The molecule has 0 aliphatic heterocycles. The van der Waals surface area contributed by atoms with Crippen LogP contribution in [0.5, 0.6) is 0 Å². The summed E-state index contributed by atoms with van der Waals surface area (Å²) in [5, 5.41) is 5.46. The van der Waals surface area contributed by atoms with Crippen LogP contribution in [0.25, 0.3) is 21.0 Å². The van der Waals surface area contributed by atoms with E-state index in [2.05, 4.69) is 20.0 Å². The van der Waals surface area contributed by atoms with Gasteiger partial charge in [0.25, 0.3) is 5.91 Å². The van der Waals surface area contributed by atoms with Crippen molar-refractivity contribution in [2.75, 3.05) is 12.4 Å². The van der Waals surface area contributed by atoms with E-state index in [1.54, 1.807) is 17.5 Å². The molecule has 136 valence electrons. The standard InChI is InChI=1S/C18H13N3O4S2/c1-24-15(22)8-10-9-26-18(19-10)21-16(23)12-6-7-13(25-12)17-20-11-4-2-3-5-14(11)27-17/h2-7,9H,8H2,1H3,(H,19,21,23). The van der Waals surface area contributed by atoms with Crippen LogP contribution in [-0.4, -0.2) is 29.0 Å². The quantitative estimate of drug-likeness (QED) is 0.510. The minimum Gasteiger partial charge on any atom is -0.469 e. The number of methoxy groups -OCH3 is 1. The van der Waals surface area contributed by atoms with Gasteiger partial charge in [0.2, 0.25) is 0 Å². The monoisotopic (exact) mass is 399 g/mol. The number of furan rings is 1. The molecule has 4 rings (SSSR count). The SMILES string of the molecule is COC(=O)Cc1csc(NC(=O)c2ccc(-c3nc4ccccc4s3)o2)n1. The molecule has 3 aromatic heterocycles. The zero-order chi connectivity index (χ0) is 18.8. The van der Waals surface area contributed by atoms with Crippen molar-refractivity contribution >= 4 is 49.9 Å². The van der Waals surface area contributed by atoms with Crippen molar-refractivity contribution in [1.82, 2.24) is 9.97 Å².